The molecule has 0 spiro atoms. The van der Waals surface area contributed by atoms with Crippen LogP contribution < -0.4 is 4.72 Å². The van der Waals surface area contributed by atoms with Crippen LogP contribution >= 0.6 is 23.4 Å². The number of sulfonamides is 1. The lowest BCUT2D eigenvalue weighted by Gasteiger charge is -2.12. The summed E-state index contributed by atoms with van der Waals surface area (Å²) >= 11 is 7.06. The van der Waals surface area contributed by atoms with Crippen LogP contribution in [-0.2, 0) is 10.0 Å². The molecule has 0 aliphatic rings. The normalized spacial score (nSPS) is 14.4. The third-order valence-electron chi connectivity index (χ3n) is 1.48. The van der Waals surface area contributed by atoms with Gasteiger partial charge in [-0.05, 0) is 25.4 Å². The zero-order valence-electron chi connectivity index (χ0n) is 7.92. The first-order valence-electron chi connectivity index (χ1n) is 4.06. The number of nitrogens with one attached hydrogen (secondary N) is 1. The number of hydrogen-bond donors (Lipinski definition) is 1. The van der Waals surface area contributed by atoms with Crippen LogP contribution in [0.25, 0.3) is 0 Å². The van der Waals surface area contributed by atoms with Gasteiger partial charge in [0.1, 0.15) is 0 Å². The van der Waals surface area contributed by atoms with Crippen molar-refractivity contribution in [1.82, 2.24) is 4.72 Å². The minimum absolute atomic E-state index is 0.000617. The second-order valence-electron chi connectivity index (χ2n) is 2.81. The van der Waals surface area contributed by atoms with Gasteiger partial charge >= 0.3 is 0 Å². The van der Waals surface area contributed by atoms with Gasteiger partial charge in [0.05, 0.1) is 5.75 Å². The molecule has 0 saturated carbocycles. The average molecular weight is 246 g/mol. The maximum absolute atomic E-state index is 11.2. The maximum Gasteiger partial charge on any atom is 0.213 e. The molecule has 0 bridgehead atoms. The molecule has 1 N–H and O–H groups in total. The third-order valence-corrected chi connectivity index (χ3v) is 4.04. The second kappa shape index (κ2) is 6.92. The average Bonchev–Trinajstić information content (AvgIpc) is 1.99. The van der Waals surface area contributed by atoms with Crippen LogP contribution in [0.2, 0.25) is 0 Å². The fourth-order valence-electron chi connectivity index (χ4n) is 0.821. The van der Waals surface area contributed by atoms with Crippen LogP contribution in [0.5, 0.6) is 0 Å². The van der Waals surface area contributed by atoms with Crippen molar-refractivity contribution >= 4 is 33.4 Å². The molecule has 0 fully saturated rings. The third kappa shape index (κ3) is 7.61. The molecule has 0 rings (SSSR count). The van der Waals surface area contributed by atoms with E-state index in [1.54, 1.807) is 11.8 Å². The van der Waals surface area contributed by atoms with Crippen molar-refractivity contribution in [2.24, 2.45) is 0 Å². The highest BCUT2D eigenvalue weighted by molar-refractivity contribution is 7.98. The molecule has 0 heterocycles. The van der Waals surface area contributed by atoms with Gasteiger partial charge in [0.2, 0.25) is 10.0 Å². The first kappa shape index (κ1) is 13.5. The zero-order valence-corrected chi connectivity index (χ0v) is 10.3. The largest absolute Gasteiger partial charge is 0.213 e. The minimum Gasteiger partial charge on any atom is -0.212 e. The molecule has 1 atom stereocenters. The minimum atomic E-state index is -3.15. The highest BCUT2D eigenvalue weighted by Crippen LogP contribution is 2.01. The van der Waals surface area contributed by atoms with Crippen molar-refractivity contribution in [1.29, 1.82) is 0 Å². The van der Waals surface area contributed by atoms with Gasteiger partial charge in [0.25, 0.3) is 0 Å². The van der Waals surface area contributed by atoms with Crippen LogP contribution in [0.1, 0.15) is 13.3 Å². The summed E-state index contributed by atoms with van der Waals surface area (Å²) in [4.78, 5) is 0. The van der Waals surface area contributed by atoms with E-state index >= 15 is 0 Å². The second-order valence-corrected chi connectivity index (χ2v) is 6.05. The fraction of sp³-hybridized carbons (Fsp3) is 1.00. The summed E-state index contributed by atoms with van der Waals surface area (Å²) in [5.41, 5.74) is 0. The van der Waals surface area contributed by atoms with Crippen molar-refractivity contribution in [2.45, 2.75) is 19.4 Å². The highest BCUT2D eigenvalue weighted by atomic mass is 35.5. The van der Waals surface area contributed by atoms with E-state index in [2.05, 4.69) is 4.72 Å². The Balaban J connectivity index is 3.82. The van der Waals surface area contributed by atoms with Gasteiger partial charge in [-0.15, -0.1) is 11.6 Å². The summed E-state index contributed by atoms with van der Waals surface area (Å²) < 4.78 is 25.0. The van der Waals surface area contributed by atoms with E-state index in [-0.39, 0.29) is 17.7 Å². The highest BCUT2D eigenvalue weighted by Gasteiger charge is 2.12. The first-order chi connectivity index (χ1) is 6.02. The van der Waals surface area contributed by atoms with Gasteiger partial charge in [-0.3, -0.25) is 0 Å². The molecule has 0 aromatic carbocycles. The van der Waals surface area contributed by atoms with E-state index in [0.717, 1.165) is 12.2 Å². The SMILES string of the molecule is CSCCC(C)NS(=O)(=O)CCCl. The number of hydrogen-bond acceptors (Lipinski definition) is 3. The number of thioether (sulfide) groups is 1. The number of rotatable bonds is 7. The predicted octanol–water partition coefficient (Wildman–Crippen LogP) is 1.29. The van der Waals surface area contributed by atoms with Crippen molar-refractivity contribution < 1.29 is 8.42 Å². The zero-order chi connectivity index (χ0) is 10.3. The van der Waals surface area contributed by atoms with Gasteiger partial charge in [-0.1, -0.05) is 0 Å². The molecular formula is C7H16ClNO2S2. The lowest BCUT2D eigenvalue weighted by molar-refractivity contribution is 0.558. The Morgan fingerprint density at radius 3 is 2.62 bits per heavy atom. The Labute approximate surface area is 89.7 Å². The molecule has 0 aliphatic heterocycles. The van der Waals surface area contributed by atoms with Crippen LogP contribution in [0, 0.1) is 0 Å². The van der Waals surface area contributed by atoms with Crippen molar-refractivity contribution in [3.8, 4) is 0 Å². The summed E-state index contributed by atoms with van der Waals surface area (Å²) in [6.45, 7) is 1.86. The Morgan fingerprint density at radius 1 is 1.54 bits per heavy atom. The van der Waals surface area contributed by atoms with Crippen molar-refractivity contribution in [3.63, 3.8) is 0 Å². The van der Waals surface area contributed by atoms with Gasteiger partial charge in [-0.2, -0.15) is 11.8 Å². The maximum atomic E-state index is 11.2. The monoisotopic (exact) mass is 245 g/mol. The molecule has 13 heavy (non-hydrogen) atoms. The molecule has 0 amide bonds. The van der Waals surface area contributed by atoms with Crippen molar-refractivity contribution in [3.05, 3.63) is 0 Å². The molecule has 0 aromatic heterocycles. The van der Waals surface area contributed by atoms with Crippen LogP contribution in [-0.4, -0.2) is 38.1 Å². The standard InChI is InChI=1S/C7H16ClNO2S2/c1-7(3-5-12-2)9-13(10,11)6-4-8/h7,9H,3-6H2,1-2H3. The van der Waals surface area contributed by atoms with Gasteiger partial charge in [0.15, 0.2) is 0 Å². The Hall–Kier alpha value is 0.550. The summed E-state index contributed by atoms with van der Waals surface area (Å²) in [6, 6.07) is 0.000617. The fourth-order valence-corrected chi connectivity index (χ4v) is 3.07. The lowest BCUT2D eigenvalue weighted by Crippen LogP contribution is -2.35. The number of halogens is 1. The van der Waals surface area contributed by atoms with E-state index in [0.29, 0.717) is 0 Å². The molecule has 6 heteroatoms. The molecular weight excluding hydrogens is 230 g/mol. The summed E-state index contributed by atoms with van der Waals surface area (Å²) in [6.07, 6.45) is 2.85. The van der Waals surface area contributed by atoms with E-state index in [4.69, 9.17) is 11.6 Å². The van der Waals surface area contributed by atoms with Crippen LogP contribution in [0.3, 0.4) is 0 Å². The molecule has 3 nitrogen and oxygen atoms in total. The smallest absolute Gasteiger partial charge is 0.212 e. The van der Waals surface area contributed by atoms with E-state index in [1.807, 2.05) is 13.2 Å². The summed E-state index contributed by atoms with van der Waals surface area (Å²) in [7, 11) is -3.15. The molecule has 0 radical (unpaired) electrons. The first-order valence-corrected chi connectivity index (χ1v) is 7.65. The van der Waals surface area contributed by atoms with Gasteiger partial charge in [-0.25, -0.2) is 13.1 Å². The van der Waals surface area contributed by atoms with E-state index in [1.165, 1.54) is 0 Å². The molecule has 1 unspecified atom stereocenters. The molecule has 0 saturated heterocycles. The molecule has 0 aliphatic carbocycles. The van der Waals surface area contributed by atoms with Crippen LogP contribution in [0.15, 0.2) is 0 Å². The van der Waals surface area contributed by atoms with Gasteiger partial charge < -0.3 is 0 Å². The Bertz CT molecular complexity index is 219. The molecule has 0 aromatic rings. The number of alkyl halides is 1. The Morgan fingerprint density at radius 2 is 2.15 bits per heavy atom. The Kier molecular flexibility index (Phi) is 7.22. The lowest BCUT2D eigenvalue weighted by atomic mass is 10.3. The van der Waals surface area contributed by atoms with E-state index < -0.39 is 10.0 Å². The topological polar surface area (TPSA) is 46.2 Å². The van der Waals surface area contributed by atoms with Gasteiger partial charge in [0, 0.05) is 11.9 Å². The van der Waals surface area contributed by atoms with Crippen LogP contribution in [0.4, 0.5) is 0 Å². The summed E-state index contributed by atoms with van der Waals surface area (Å²) in [5, 5.41) is 0. The summed E-state index contributed by atoms with van der Waals surface area (Å²) in [5.74, 6) is 1.10. The quantitative estimate of drug-likeness (QED) is 0.688. The van der Waals surface area contributed by atoms with E-state index in [9.17, 15) is 8.42 Å². The predicted molar refractivity (Wildman–Crippen MR) is 60.1 cm³/mol. The van der Waals surface area contributed by atoms with Crippen molar-refractivity contribution in [2.75, 3.05) is 23.6 Å². The molecule has 80 valence electrons.